The van der Waals surface area contributed by atoms with Gasteiger partial charge in [0.2, 0.25) is 0 Å². The minimum atomic E-state index is -0.798. The summed E-state index contributed by atoms with van der Waals surface area (Å²) in [7, 11) is 0. The molecule has 0 N–H and O–H groups in total. The fourth-order valence-corrected chi connectivity index (χ4v) is 3.06. The Morgan fingerprint density at radius 2 is 1.50 bits per heavy atom. The Hall–Kier alpha value is -2.85. The molecule has 3 rings (SSSR count). The minimum absolute atomic E-state index is 0.0358. The first kappa shape index (κ1) is 18.0. The first-order valence-corrected chi connectivity index (χ1v) is 8.12. The molecule has 1 aliphatic rings. The molecule has 134 valence electrons. The van der Waals surface area contributed by atoms with Crippen molar-refractivity contribution in [1.82, 2.24) is 9.80 Å². The number of piperazine rings is 1. The number of nitrogens with zero attached hydrogens (tertiary/aromatic N) is 3. The van der Waals surface area contributed by atoms with Gasteiger partial charge in [0.25, 0.3) is 5.91 Å². The van der Waals surface area contributed by atoms with Gasteiger partial charge in [-0.15, -0.1) is 0 Å². The van der Waals surface area contributed by atoms with Gasteiger partial charge in [0, 0.05) is 37.8 Å². The summed E-state index contributed by atoms with van der Waals surface area (Å²) in [6.07, 6.45) is 0. The van der Waals surface area contributed by atoms with Gasteiger partial charge in [-0.1, -0.05) is 12.1 Å². The maximum atomic E-state index is 13.3. The van der Waals surface area contributed by atoms with Crippen LogP contribution in [0, 0.1) is 28.8 Å². The zero-order chi connectivity index (χ0) is 18.7. The number of benzene rings is 2. The summed E-state index contributed by atoms with van der Waals surface area (Å²) in [6, 6.07) is 10.1. The van der Waals surface area contributed by atoms with Gasteiger partial charge in [0.1, 0.15) is 23.5 Å². The lowest BCUT2D eigenvalue weighted by atomic mass is 10.1. The van der Waals surface area contributed by atoms with Crippen LogP contribution in [0.4, 0.5) is 13.2 Å². The van der Waals surface area contributed by atoms with Gasteiger partial charge in [-0.25, -0.2) is 13.2 Å². The number of halogens is 3. The molecule has 0 aromatic heterocycles. The van der Waals surface area contributed by atoms with Crippen LogP contribution >= 0.6 is 0 Å². The molecule has 26 heavy (non-hydrogen) atoms. The molecule has 1 saturated heterocycles. The molecule has 1 aliphatic heterocycles. The first-order chi connectivity index (χ1) is 12.5. The normalized spacial score (nSPS) is 16.2. The average Bonchev–Trinajstić information content (AvgIpc) is 2.63. The van der Waals surface area contributed by atoms with Gasteiger partial charge in [-0.2, -0.15) is 5.26 Å². The van der Waals surface area contributed by atoms with Crippen molar-refractivity contribution < 1.29 is 18.0 Å². The molecule has 1 atom stereocenters. The Morgan fingerprint density at radius 3 is 2.04 bits per heavy atom. The zero-order valence-corrected chi connectivity index (χ0v) is 13.8. The lowest BCUT2D eigenvalue weighted by Crippen LogP contribution is -2.49. The Labute approximate surface area is 149 Å². The Morgan fingerprint density at radius 1 is 0.923 bits per heavy atom. The van der Waals surface area contributed by atoms with Gasteiger partial charge in [0.15, 0.2) is 0 Å². The highest BCUT2D eigenvalue weighted by atomic mass is 19.1. The molecule has 0 bridgehead atoms. The zero-order valence-electron chi connectivity index (χ0n) is 13.8. The number of nitriles is 1. The smallest absolute Gasteiger partial charge is 0.254 e. The second kappa shape index (κ2) is 7.58. The molecule has 1 heterocycles. The SMILES string of the molecule is N#CC(c1ccc(F)cc1)N1CCN(C(=O)c2cc(F)cc(F)c2)CC1. The summed E-state index contributed by atoms with van der Waals surface area (Å²) in [4.78, 5) is 15.8. The molecule has 0 saturated carbocycles. The van der Waals surface area contributed by atoms with Crippen LogP contribution in [-0.2, 0) is 0 Å². The highest BCUT2D eigenvalue weighted by Gasteiger charge is 2.27. The molecule has 0 radical (unpaired) electrons. The number of hydrogen-bond donors (Lipinski definition) is 0. The molecule has 1 fully saturated rings. The predicted molar refractivity (Wildman–Crippen MR) is 88.6 cm³/mol. The third-order valence-electron chi connectivity index (χ3n) is 4.38. The van der Waals surface area contributed by atoms with Gasteiger partial charge in [0.05, 0.1) is 6.07 Å². The lowest BCUT2D eigenvalue weighted by molar-refractivity contribution is 0.0605. The van der Waals surface area contributed by atoms with E-state index in [1.807, 2.05) is 4.90 Å². The Bertz CT molecular complexity index is 820. The van der Waals surface area contributed by atoms with E-state index in [9.17, 15) is 23.2 Å². The van der Waals surface area contributed by atoms with E-state index in [0.29, 0.717) is 31.7 Å². The first-order valence-electron chi connectivity index (χ1n) is 8.12. The summed E-state index contributed by atoms with van der Waals surface area (Å²) >= 11 is 0. The average molecular weight is 359 g/mol. The molecular formula is C19H16F3N3O. The molecule has 1 unspecified atom stereocenters. The number of carbonyl (C=O) groups excluding carboxylic acids is 1. The number of hydrogen-bond acceptors (Lipinski definition) is 3. The van der Waals surface area contributed by atoms with E-state index in [4.69, 9.17) is 0 Å². The van der Waals surface area contributed by atoms with E-state index in [2.05, 4.69) is 6.07 Å². The topological polar surface area (TPSA) is 47.3 Å². The van der Waals surface area contributed by atoms with Gasteiger partial charge in [-0.05, 0) is 29.8 Å². The fourth-order valence-electron chi connectivity index (χ4n) is 3.06. The lowest BCUT2D eigenvalue weighted by Gasteiger charge is -2.37. The molecule has 1 amide bonds. The van der Waals surface area contributed by atoms with Crippen LogP contribution < -0.4 is 0 Å². The van der Waals surface area contributed by atoms with E-state index >= 15 is 0 Å². The maximum absolute atomic E-state index is 13.3. The predicted octanol–water partition coefficient (Wildman–Crippen LogP) is 3.13. The number of carbonyl (C=O) groups is 1. The molecular weight excluding hydrogens is 343 g/mol. The van der Waals surface area contributed by atoms with Crippen molar-refractivity contribution in [1.29, 1.82) is 5.26 Å². The van der Waals surface area contributed by atoms with Gasteiger partial charge in [-0.3, -0.25) is 9.69 Å². The van der Waals surface area contributed by atoms with Crippen LogP contribution in [0.3, 0.4) is 0 Å². The van der Waals surface area contributed by atoms with Gasteiger partial charge >= 0.3 is 0 Å². The highest BCUT2D eigenvalue weighted by Crippen LogP contribution is 2.22. The summed E-state index contributed by atoms with van der Waals surface area (Å²) in [5.41, 5.74) is 0.646. The van der Waals surface area contributed by atoms with E-state index < -0.39 is 23.6 Å². The molecule has 7 heteroatoms. The number of rotatable bonds is 3. The molecule has 2 aromatic rings. The summed E-state index contributed by atoms with van der Waals surface area (Å²) in [5.74, 6) is -2.41. The van der Waals surface area contributed by atoms with Gasteiger partial charge < -0.3 is 4.90 Å². The fraction of sp³-hybridized carbons (Fsp3) is 0.263. The third kappa shape index (κ3) is 3.86. The monoisotopic (exact) mass is 359 g/mol. The molecule has 4 nitrogen and oxygen atoms in total. The van der Waals surface area contributed by atoms with Crippen LogP contribution in [-0.4, -0.2) is 41.9 Å². The largest absolute Gasteiger partial charge is 0.336 e. The van der Waals surface area contributed by atoms with Crippen molar-refractivity contribution in [2.45, 2.75) is 6.04 Å². The van der Waals surface area contributed by atoms with Crippen LogP contribution in [0.5, 0.6) is 0 Å². The number of amides is 1. The van der Waals surface area contributed by atoms with E-state index in [1.54, 1.807) is 12.1 Å². The maximum Gasteiger partial charge on any atom is 0.254 e. The van der Waals surface area contributed by atoms with E-state index in [1.165, 1.54) is 17.0 Å². The van der Waals surface area contributed by atoms with E-state index in [0.717, 1.165) is 18.2 Å². The van der Waals surface area contributed by atoms with Crippen LogP contribution in [0.15, 0.2) is 42.5 Å². The molecule has 0 spiro atoms. The van der Waals surface area contributed by atoms with Crippen molar-refractivity contribution in [3.63, 3.8) is 0 Å². The van der Waals surface area contributed by atoms with Crippen LogP contribution in [0.2, 0.25) is 0 Å². The highest BCUT2D eigenvalue weighted by molar-refractivity contribution is 5.94. The van der Waals surface area contributed by atoms with Crippen LogP contribution in [0.25, 0.3) is 0 Å². The standard InChI is InChI=1S/C19H16F3N3O/c20-15-3-1-13(2-4-15)18(12-23)24-5-7-25(8-6-24)19(26)14-9-16(21)11-17(22)10-14/h1-4,9-11,18H,5-8H2. The minimum Gasteiger partial charge on any atom is -0.336 e. The third-order valence-corrected chi connectivity index (χ3v) is 4.38. The van der Waals surface area contributed by atoms with Crippen LogP contribution in [0.1, 0.15) is 22.0 Å². The Kier molecular flexibility index (Phi) is 5.24. The molecule has 0 aliphatic carbocycles. The summed E-state index contributed by atoms with van der Waals surface area (Å²) in [6.45, 7) is 1.52. The van der Waals surface area contributed by atoms with Crippen molar-refractivity contribution in [3.8, 4) is 6.07 Å². The van der Waals surface area contributed by atoms with Crippen molar-refractivity contribution in [2.75, 3.05) is 26.2 Å². The second-order valence-electron chi connectivity index (χ2n) is 6.07. The Balaban J connectivity index is 1.67. The quantitative estimate of drug-likeness (QED) is 0.846. The van der Waals surface area contributed by atoms with Crippen molar-refractivity contribution in [2.24, 2.45) is 0 Å². The van der Waals surface area contributed by atoms with Crippen molar-refractivity contribution >= 4 is 5.91 Å². The second-order valence-corrected chi connectivity index (χ2v) is 6.07. The van der Waals surface area contributed by atoms with E-state index in [-0.39, 0.29) is 11.4 Å². The molecule has 2 aromatic carbocycles. The van der Waals surface area contributed by atoms with Crippen molar-refractivity contribution in [3.05, 3.63) is 71.0 Å². The summed E-state index contributed by atoms with van der Waals surface area (Å²) < 4.78 is 39.7. The summed E-state index contributed by atoms with van der Waals surface area (Å²) in [5, 5.41) is 9.47.